The van der Waals surface area contributed by atoms with Crippen LogP contribution in [0.3, 0.4) is 0 Å². The molecule has 0 spiro atoms. The Morgan fingerprint density at radius 2 is 1.44 bits per heavy atom. The first-order chi connectivity index (χ1) is 15.1. The Kier molecular flexibility index (Phi) is 13.4. The number of methoxy groups -OCH3 is 3. The van der Waals surface area contributed by atoms with Crippen molar-refractivity contribution in [2.45, 2.75) is 33.2 Å². The quantitative estimate of drug-likeness (QED) is 0.229. The van der Waals surface area contributed by atoms with Gasteiger partial charge >= 0.3 is 0 Å². The number of rotatable bonds is 12. The van der Waals surface area contributed by atoms with Crippen molar-refractivity contribution < 1.29 is 18.9 Å². The molecule has 2 rings (SSSR count). The molecular formula is C24H36IN3O4. The molecule has 0 radical (unpaired) electrons. The molecule has 0 aromatic heterocycles. The summed E-state index contributed by atoms with van der Waals surface area (Å²) in [4.78, 5) is 4.70. The molecule has 178 valence electrons. The fraction of sp³-hybridized carbons (Fsp3) is 0.458. The van der Waals surface area contributed by atoms with E-state index in [0.29, 0.717) is 13.2 Å². The van der Waals surface area contributed by atoms with Crippen LogP contribution in [0.1, 0.15) is 31.4 Å². The van der Waals surface area contributed by atoms with E-state index in [0.717, 1.165) is 66.0 Å². The van der Waals surface area contributed by atoms with Crippen LogP contribution in [0.2, 0.25) is 0 Å². The number of aliphatic imine (C=N–C) groups is 1. The van der Waals surface area contributed by atoms with Gasteiger partial charge < -0.3 is 29.6 Å². The largest absolute Gasteiger partial charge is 0.493 e. The Bertz CT molecular complexity index is 846. The number of nitrogens with zero attached hydrogens (tertiary/aromatic N) is 1. The summed E-state index contributed by atoms with van der Waals surface area (Å²) in [5, 5.41) is 6.67. The van der Waals surface area contributed by atoms with Gasteiger partial charge in [-0.3, -0.25) is 0 Å². The fourth-order valence-corrected chi connectivity index (χ4v) is 3.02. The predicted octanol–water partition coefficient (Wildman–Crippen LogP) is 4.42. The zero-order valence-electron chi connectivity index (χ0n) is 19.7. The third kappa shape index (κ3) is 8.64. The van der Waals surface area contributed by atoms with Crippen LogP contribution in [0.5, 0.6) is 23.0 Å². The second-order valence-corrected chi connectivity index (χ2v) is 6.89. The summed E-state index contributed by atoms with van der Waals surface area (Å²) in [6.07, 6.45) is 1.79. The van der Waals surface area contributed by atoms with E-state index in [9.17, 15) is 0 Å². The first-order valence-electron chi connectivity index (χ1n) is 10.7. The van der Waals surface area contributed by atoms with Crippen LogP contribution in [0.15, 0.2) is 41.4 Å². The molecule has 0 amide bonds. The second-order valence-electron chi connectivity index (χ2n) is 6.89. The molecule has 0 atom stereocenters. The van der Waals surface area contributed by atoms with Gasteiger partial charge in [-0.2, -0.15) is 0 Å². The zero-order valence-corrected chi connectivity index (χ0v) is 22.0. The van der Waals surface area contributed by atoms with Gasteiger partial charge in [0.15, 0.2) is 29.0 Å². The van der Waals surface area contributed by atoms with Crippen LogP contribution in [-0.2, 0) is 13.0 Å². The van der Waals surface area contributed by atoms with Crippen LogP contribution < -0.4 is 29.6 Å². The predicted molar refractivity (Wildman–Crippen MR) is 140 cm³/mol. The molecule has 0 bridgehead atoms. The number of guanidine groups is 1. The third-order valence-electron chi connectivity index (χ3n) is 4.61. The maximum absolute atomic E-state index is 5.72. The summed E-state index contributed by atoms with van der Waals surface area (Å²) in [7, 11) is 4.94. The molecule has 2 aromatic rings. The Hall–Kier alpha value is -2.36. The van der Waals surface area contributed by atoms with Crippen molar-refractivity contribution in [1.82, 2.24) is 10.6 Å². The van der Waals surface area contributed by atoms with E-state index in [-0.39, 0.29) is 24.0 Å². The lowest BCUT2D eigenvalue weighted by Gasteiger charge is -2.13. The molecule has 2 aromatic carbocycles. The minimum absolute atomic E-state index is 0. The highest BCUT2D eigenvalue weighted by Gasteiger charge is 2.07. The molecule has 0 unspecified atom stereocenters. The Labute approximate surface area is 208 Å². The summed E-state index contributed by atoms with van der Waals surface area (Å²) >= 11 is 0. The van der Waals surface area contributed by atoms with Crippen LogP contribution in [-0.4, -0.2) is 47.0 Å². The molecule has 2 N–H and O–H groups in total. The molecule has 32 heavy (non-hydrogen) atoms. The van der Waals surface area contributed by atoms with Gasteiger partial charge in [0.1, 0.15) is 0 Å². The van der Waals surface area contributed by atoms with Crippen LogP contribution in [0, 0.1) is 0 Å². The lowest BCUT2D eigenvalue weighted by Crippen LogP contribution is -2.38. The van der Waals surface area contributed by atoms with E-state index in [1.807, 2.05) is 36.4 Å². The van der Waals surface area contributed by atoms with Gasteiger partial charge in [0.25, 0.3) is 0 Å². The highest BCUT2D eigenvalue weighted by Crippen LogP contribution is 2.29. The SMILES string of the molecule is CCCOc1ccc(CN=C(NCC)NCCc2ccc(OC)c(OC)c2)cc1OC.I. The van der Waals surface area contributed by atoms with Crippen molar-refractivity contribution >= 4 is 29.9 Å². The van der Waals surface area contributed by atoms with Gasteiger partial charge in [0.05, 0.1) is 34.5 Å². The maximum Gasteiger partial charge on any atom is 0.191 e. The van der Waals surface area contributed by atoms with Crippen molar-refractivity contribution in [3.63, 3.8) is 0 Å². The van der Waals surface area contributed by atoms with E-state index in [4.69, 9.17) is 23.9 Å². The van der Waals surface area contributed by atoms with Crippen molar-refractivity contribution in [3.8, 4) is 23.0 Å². The topological polar surface area (TPSA) is 73.3 Å². The second kappa shape index (κ2) is 15.4. The fourth-order valence-electron chi connectivity index (χ4n) is 3.02. The number of ether oxygens (including phenoxy) is 4. The zero-order chi connectivity index (χ0) is 22.5. The summed E-state index contributed by atoms with van der Waals surface area (Å²) < 4.78 is 21.9. The summed E-state index contributed by atoms with van der Waals surface area (Å²) in [5.74, 6) is 3.73. The first-order valence-corrected chi connectivity index (χ1v) is 10.7. The van der Waals surface area contributed by atoms with Crippen molar-refractivity contribution in [2.24, 2.45) is 4.99 Å². The number of hydrogen-bond donors (Lipinski definition) is 2. The van der Waals surface area contributed by atoms with E-state index in [2.05, 4.69) is 24.5 Å². The minimum Gasteiger partial charge on any atom is -0.493 e. The first kappa shape index (κ1) is 27.7. The molecule has 8 heteroatoms. The molecule has 0 fully saturated rings. The van der Waals surface area contributed by atoms with Crippen molar-refractivity contribution in [2.75, 3.05) is 41.0 Å². The molecule has 0 aliphatic heterocycles. The smallest absolute Gasteiger partial charge is 0.191 e. The number of benzene rings is 2. The van der Waals surface area contributed by atoms with Crippen LogP contribution in [0.4, 0.5) is 0 Å². The monoisotopic (exact) mass is 557 g/mol. The van der Waals surface area contributed by atoms with Crippen LogP contribution in [0.25, 0.3) is 0 Å². The lowest BCUT2D eigenvalue weighted by molar-refractivity contribution is 0.294. The lowest BCUT2D eigenvalue weighted by atomic mass is 10.1. The van der Waals surface area contributed by atoms with Gasteiger partial charge in [0.2, 0.25) is 0 Å². The van der Waals surface area contributed by atoms with Gasteiger partial charge in [-0.25, -0.2) is 4.99 Å². The molecule has 0 heterocycles. The van der Waals surface area contributed by atoms with E-state index in [1.54, 1.807) is 21.3 Å². The van der Waals surface area contributed by atoms with Crippen molar-refractivity contribution in [3.05, 3.63) is 47.5 Å². The maximum atomic E-state index is 5.72. The van der Waals surface area contributed by atoms with Crippen LogP contribution >= 0.6 is 24.0 Å². The molecule has 0 aliphatic rings. The highest BCUT2D eigenvalue weighted by molar-refractivity contribution is 14.0. The Morgan fingerprint density at radius 3 is 2.09 bits per heavy atom. The molecule has 0 aliphatic carbocycles. The highest BCUT2D eigenvalue weighted by atomic mass is 127. The van der Waals surface area contributed by atoms with E-state index in [1.165, 1.54) is 0 Å². The molecule has 0 saturated heterocycles. The summed E-state index contributed by atoms with van der Waals surface area (Å²) in [6, 6.07) is 11.9. The van der Waals surface area contributed by atoms with E-state index >= 15 is 0 Å². The molecule has 7 nitrogen and oxygen atoms in total. The third-order valence-corrected chi connectivity index (χ3v) is 4.61. The summed E-state index contributed by atoms with van der Waals surface area (Å²) in [6.45, 7) is 6.87. The van der Waals surface area contributed by atoms with Crippen molar-refractivity contribution in [1.29, 1.82) is 0 Å². The Balaban J connectivity index is 0.00000512. The Morgan fingerprint density at radius 1 is 0.812 bits per heavy atom. The number of hydrogen-bond acceptors (Lipinski definition) is 5. The molecular weight excluding hydrogens is 521 g/mol. The van der Waals surface area contributed by atoms with E-state index < -0.39 is 0 Å². The minimum atomic E-state index is 0. The standard InChI is InChI=1S/C24H35N3O4.HI/c1-6-14-31-21-11-9-19(16-23(21)30-5)17-27-24(25-7-2)26-13-12-18-8-10-20(28-3)22(15-18)29-4;/h8-11,15-16H,6-7,12-14,17H2,1-5H3,(H2,25,26,27);1H. The van der Waals surface area contributed by atoms with Gasteiger partial charge in [-0.1, -0.05) is 19.1 Å². The van der Waals surface area contributed by atoms with Gasteiger partial charge in [0, 0.05) is 13.1 Å². The number of nitrogens with one attached hydrogen (secondary N) is 2. The number of halogens is 1. The van der Waals surface area contributed by atoms with Gasteiger partial charge in [-0.05, 0) is 55.2 Å². The molecule has 0 saturated carbocycles. The van der Waals surface area contributed by atoms with Gasteiger partial charge in [-0.15, -0.1) is 24.0 Å². The summed E-state index contributed by atoms with van der Waals surface area (Å²) in [5.41, 5.74) is 2.21. The normalized spacial score (nSPS) is 10.7. The average molecular weight is 557 g/mol. The average Bonchev–Trinajstić information content (AvgIpc) is 2.81.